The van der Waals surface area contributed by atoms with Crippen molar-refractivity contribution in [2.75, 3.05) is 0 Å². The van der Waals surface area contributed by atoms with Gasteiger partial charge >= 0.3 is 6.09 Å². The molecule has 0 aromatic heterocycles. The minimum absolute atomic E-state index is 0.0301. The van der Waals surface area contributed by atoms with Crippen LogP contribution in [0, 0.1) is 0 Å². The summed E-state index contributed by atoms with van der Waals surface area (Å²) in [4.78, 5) is 11.3. The summed E-state index contributed by atoms with van der Waals surface area (Å²) in [7, 11) is 0. The number of hydrogen-bond acceptors (Lipinski definition) is 2. The summed E-state index contributed by atoms with van der Waals surface area (Å²) in [6, 6.07) is 9.75. The molecule has 1 atom stereocenters. The number of benzene rings is 1. The van der Waals surface area contributed by atoms with E-state index in [2.05, 4.69) is 5.32 Å². The molecule has 1 N–H and O–H groups in total. The lowest BCUT2D eigenvalue weighted by atomic mass is 10.1. The van der Waals surface area contributed by atoms with E-state index in [1.807, 2.05) is 51.1 Å². The molecule has 15 heavy (non-hydrogen) atoms. The molecule has 1 aromatic carbocycles. The molecule has 0 fully saturated rings. The smallest absolute Gasteiger partial charge is 0.407 e. The second kappa shape index (κ2) is 5.39. The number of carbonyl (C=O) groups is 1. The quantitative estimate of drug-likeness (QED) is 0.827. The highest BCUT2D eigenvalue weighted by Gasteiger charge is 2.10. The van der Waals surface area contributed by atoms with Crippen LogP contribution in [-0.2, 0) is 4.74 Å². The van der Waals surface area contributed by atoms with Gasteiger partial charge in [-0.2, -0.15) is 0 Å². The topological polar surface area (TPSA) is 38.3 Å². The van der Waals surface area contributed by atoms with E-state index in [-0.39, 0.29) is 18.2 Å². The number of alkyl carbamates (subject to hydrolysis) is 1. The van der Waals surface area contributed by atoms with E-state index in [0.29, 0.717) is 0 Å². The molecular formula is C12H17NO2. The minimum Gasteiger partial charge on any atom is -0.447 e. The Labute approximate surface area is 90.4 Å². The number of ether oxygens (including phenoxy) is 1. The SMILES string of the molecule is CC(C)OC(=O)N[C@@H](C)c1ccccc1. The molecule has 0 radical (unpaired) electrons. The summed E-state index contributed by atoms with van der Waals surface area (Å²) in [5, 5.41) is 2.77. The van der Waals surface area contributed by atoms with Gasteiger partial charge in [0.2, 0.25) is 0 Å². The maximum Gasteiger partial charge on any atom is 0.407 e. The van der Waals surface area contributed by atoms with Crippen molar-refractivity contribution in [1.29, 1.82) is 0 Å². The van der Waals surface area contributed by atoms with Crippen LogP contribution in [0.25, 0.3) is 0 Å². The largest absolute Gasteiger partial charge is 0.447 e. The van der Waals surface area contributed by atoms with Crippen LogP contribution in [0.1, 0.15) is 32.4 Å². The summed E-state index contributed by atoms with van der Waals surface area (Å²) in [5.41, 5.74) is 1.07. The Morgan fingerprint density at radius 2 is 1.80 bits per heavy atom. The van der Waals surface area contributed by atoms with Crippen LogP contribution >= 0.6 is 0 Å². The van der Waals surface area contributed by atoms with Crippen LogP contribution in [0.2, 0.25) is 0 Å². The van der Waals surface area contributed by atoms with E-state index < -0.39 is 0 Å². The summed E-state index contributed by atoms with van der Waals surface area (Å²) < 4.78 is 4.99. The number of hydrogen-bond donors (Lipinski definition) is 1. The Hall–Kier alpha value is -1.51. The fourth-order valence-corrected chi connectivity index (χ4v) is 1.25. The van der Waals surface area contributed by atoms with Gasteiger partial charge in [0.05, 0.1) is 12.1 Å². The Morgan fingerprint density at radius 1 is 1.20 bits per heavy atom. The summed E-state index contributed by atoms with van der Waals surface area (Å²) >= 11 is 0. The van der Waals surface area contributed by atoms with E-state index in [9.17, 15) is 4.79 Å². The van der Waals surface area contributed by atoms with Crippen molar-refractivity contribution < 1.29 is 9.53 Å². The zero-order valence-corrected chi connectivity index (χ0v) is 9.36. The summed E-state index contributed by atoms with van der Waals surface area (Å²) in [6.45, 7) is 5.58. The fraction of sp³-hybridized carbons (Fsp3) is 0.417. The highest BCUT2D eigenvalue weighted by Crippen LogP contribution is 2.11. The molecular weight excluding hydrogens is 190 g/mol. The minimum atomic E-state index is -0.374. The predicted molar refractivity (Wildman–Crippen MR) is 59.6 cm³/mol. The molecule has 1 aromatic rings. The van der Waals surface area contributed by atoms with Crippen molar-refractivity contribution in [3.05, 3.63) is 35.9 Å². The van der Waals surface area contributed by atoms with Crippen molar-refractivity contribution in [1.82, 2.24) is 5.32 Å². The molecule has 1 amide bonds. The lowest BCUT2D eigenvalue weighted by Crippen LogP contribution is -2.29. The van der Waals surface area contributed by atoms with E-state index in [1.54, 1.807) is 0 Å². The lowest BCUT2D eigenvalue weighted by molar-refractivity contribution is 0.113. The van der Waals surface area contributed by atoms with Crippen molar-refractivity contribution >= 4 is 6.09 Å². The van der Waals surface area contributed by atoms with Crippen LogP contribution in [0.4, 0.5) is 4.79 Å². The highest BCUT2D eigenvalue weighted by molar-refractivity contribution is 5.68. The average molecular weight is 207 g/mol. The summed E-state index contributed by atoms with van der Waals surface area (Å²) in [5.74, 6) is 0. The Balaban J connectivity index is 2.49. The Morgan fingerprint density at radius 3 is 2.33 bits per heavy atom. The molecule has 0 aliphatic heterocycles. The van der Waals surface area contributed by atoms with Crippen molar-refractivity contribution in [2.24, 2.45) is 0 Å². The Bertz CT molecular complexity index is 309. The second-order valence-corrected chi connectivity index (χ2v) is 3.73. The molecule has 3 heteroatoms. The van der Waals surface area contributed by atoms with Crippen LogP contribution in [0.3, 0.4) is 0 Å². The molecule has 1 rings (SSSR count). The summed E-state index contributed by atoms with van der Waals surface area (Å²) in [6.07, 6.45) is -0.464. The van der Waals surface area contributed by atoms with Crippen LogP contribution in [0.5, 0.6) is 0 Å². The molecule has 0 aliphatic rings. The number of nitrogens with one attached hydrogen (secondary N) is 1. The second-order valence-electron chi connectivity index (χ2n) is 3.73. The van der Waals surface area contributed by atoms with Crippen LogP contribution < -0.4 is 5.32 Å². The van der Waals surface area contributed by atoms with Crippen molar-refractivity contribution in [3.8, 4) is 0 Å². The first kappa shape index (κ1) is 11.6. The van der Waals surface area contributed by atoms with Gasteiger partial charge in [-0.1, -0.05) is 30.3 Å². The van der Waals surface area contributed by atoms with Gasteiger partial charge in [-0.05, 0) is 26.3 Å². The van der Waals surface area contributed by atoms with Gasteiger partial charge in [-0.25, -0.2) is 4.79 Å². The first-order valence-corrected chi connectivity index (χ1v) is 5.11. The normalized spacial score (nSPS) is 12.3. The zero-order valence-electron chi connectivity index (χ0n) is 9.36. The van der Waals surface area contributed by atoms with Gasteiger partial charge in [0.1, 0.15) is 0 Å². The first-order chi connectivity index (χ1) is 7.09. The van der Waals surface area contributed by atoms with Crippen molar-refractivity contribution in [3.63, 3.8) is 0 Å². The monoisotopic (exact) mass is 207 g/mol. The molecule has 0 aliphatic carbocycles. The van der Waals surface area contributed by atoms with E-state index in [0.717, 1.165) is 5.56 Å². The molecule has 3 nitrogen and oxygen atoms in total. The maximum atomic E-state index is 11.3. The molecule has 0 unspecified atom stereocenters. The van der Waals surface area contributed by atoms with Crippen molar-refractivity contribution in [2.45, 2.75) is 32.9 Å². The van der Waals surface area contributed by atoms with Gasteiger partial charge in [0, 0.05) is 0 Å². The number of carbonyl (C=O) groups excluding carboxylic acids is 1. The van der Waals surface area contributed by atoms with Gasteiger partial charge in [-0.15, -0.1) is 0 Å². The third-order valence-corrected chi connectivity index (χ3v) is 1.98. The predicted octanol–water partition coefficient (Wildman–Crippen LogP) is 2.88. The van der Waals surface area contributed by atoms with Crippen LogP contribution in [0.15, 0.2) is 30.3 Å². The number of amides is 1. The zero-order chi connectivity index (χ0) is 11.3. The molecule has 0 heterocycles. The van der Waals surface area contributed by atoms with E-state index in [4.69, 9.17) is 4.74 Å². The molecule has 82 valence electrons. The van der Waals surface area contributed by atoms with Gasteiger partial charge < -0.3 is 10.1 Å². The molecule has 0 bridgehead atoms. The molecule has 0 saturated carbocycles. The fourth-order valence-electron chi connectivity index (χ4n) is 1.25. The van der Waals surface area contributed by atoms with Gasteiger partial charge in [0.25, 0.3) is 0 Å². The van der Waals surface area contributed by atoms with Gasteiger partial charge in [-0.3, -0.25) is 0 Å². The third kappa shape index (κ3) is 4.02. The lowest BCUT2D eigenvalue weighted by Gasteiger charge is -2.15. The standard InChI is InChI=1S/C12H17NO2/c1-9(2)15-12(14)13-10(3)11-7-5-4-6-8-11/h4-10H,1-3H3,(H,13,14)/t10-/m0/s1. The average Bonchev–Trinajstić information content (AvgIpc) is 2.17. The van der Waals surface area contributed by atoms with Crippen LogP contribution in [-0.4, -0.2) is 12.2 Å². The Kier molecular flexibility index (Phi) is 4.16. The third-order valence-electron chi connectivity index (χ3n) is 1.98. The van der Waals surface area contributed by atoms with E-state index in [1.165, 1.54) is 0 Å². The molecule has 0 spiro atoms. The first-order valence-electron chi connectivity index (χ1n) is 5.11. The highest BCUT2D eigenvalue weighted by atomic mass is 16.6. The maximum absolute atomic E-state index is 11.3. The molecule has 0 saturated heterocycles. The number of rotatable bonds is 3. The van der Waals surface area contributed by atoms with E-state index >= 15 is 0 Å². The van der Waals surface area contributed by atoms with Gasteiger partial charge in [0.15, 0.2) is 0 Å².